The third kappa shape index (κ3) is 14.5. The average Bonchev–Trinajstić information content (AvgIpc) is 3.20. The molecule has 0 aliphatic heterocycles. The molecule has 40 heavy (non-hydrogen) atoms. The molecule has 1 aromatic carbocycles. The number of hydrogen-bond donors (Lipinski definition) is 1. The Kier molecular flexibility index (Phi) is 20.8. The van der Waals surface area contributed by atoms with Crippen LogP contribution < -0.4 is 29.6 Å². The first-order valence-corrected chi connectivity index (χ1v) is 16.5. The predicted octanol–water partition coefficient (Wildman–Crippen LogP) is 3.58. The van der Waals surface area contributed by atoms with Crippen LogP contribution in [0, 0.1) is 11.8 Å². The number of carbonyl (C=O) groups is 2. The SMILES string of the molecule is CC1=Cc2ccccc2[CH]1[Al].CCCCC(CC)COC(=O)CC(C(=O)OCC(CC)CCCC)S(=O)(=O)O.[H-].[Na+]. The summed E-state index contributed by atoms with van der Waals surface area (Å²) in [5.41, 5.74) is 4.26. The second kappa shape index (κ2) is 21.1. The Morgan fingerprint density at radius 1 is 0.975 bits per heavy atom. The third-order valence-electron chi connectivity index (χ3n) is 7.21. The van der Waals surface area contributed by atoms with Crippen LogP contribution >= 0.6 is 0 Å². The molecule has 0 saturated carbocycles. The van der Waals surface area contributed by atoms with Gasteiger partial charge in [-0.2, -0.15) is 8.42 Å². The molecule has 0 spiro atoms. The second-order valence-corrected chi connectivity index (χ2v) is 12.6. The van der Waals surface area contributed by atoms with Crippen LogP contribution in [0.15, 0.2) is 29.8 Å². The van der Waals surface area contributed by atoms with E-state index in [1.165, 1.54) is 16.7 Å². The molecule has 7 nitrogen and oxygen atoms in total. The van der Waals surface area contributed by atoms with Crippen LogP contribution in [0.4, 0.5) is 0 Å². The fraction of sp³-hybridized carbons (Fsp3) is 0.667. The molecule has 1 aliphatic carbocycles. The minimum absolute atomic E-state index is 0. The summed E-state index contributed by atoms with van der Waals surface area (Å²) in [7, 11) is -4.76. The van der Waals surface area contributed by atoms with E-state index in [9.17, 15) is 22.6 Å². The summed E-state index contributed by atoms with van der Waals surface area (Å²) >= 11 is 2.87. The molecule has 4 unspecified atom stereocenters. The number of rotatable bonds is 16. The minimum atomic E-state index is -4.76. The number of carbonyl (C=O) groups excluding carboxylic acids is 2. The maximum Gasteiger partial charge on any atom is 1.00 e. The third-order valence-corrected chi connectivity index (χ3v) is 9.17. The van der Waals surface area contributed by atoms with E-state index in [2.05, 4.69) is 67.4 Å². The Labute approximate surface area is 274 Å². The van der Waals surface area contributed by atoms with Gasteiger partial charge >= 0.3 is 41.5 Å². The van der Waals surface area contributed by atoms with Crippen molar-refractivity contribution in [1.29, 1.82) is 0 Å². The molecule has 0 fully saturated rings. The van der Waals surface area contributed by atoms with Gasteiger partial charge in [-0.15, -0.1) is 0 Å². The fourth-order valence-electron chi connectivity index (χ4n) is 4.33. The van der Waals surface area contributed by atoms with Crippen molar-refractivity contribution in [3.05, 3.63) is 41.0 Å². The van der Waals surface area contributed by atoms with Crippen molar-refractivity contribution in [3.63, 3.8) is 0 Å². The summed E-state index contributed by atoms with van der Waals surface area (Å²) in [4.78, 5) is 24.2. The molecule has 1 aromatic rings. The van der Waals surface area contributed by atoms with Gasteiger partial charge < -0.3 is 10.9 Å². The quantitative estimate of drug-likeness (QED) is 0.175. The van der Waals surface area contributed by atoms with E-state index in [-0.39, 0.29) is 56.0 Å². The molecule has 2 rings (SSSR count). The van der Waals surface area contributed by atoms with Crippen molar-refractivity contribution in [2.24, 2.45) is 11.8 Å². The van der Waals surface area contributed by atoms with Gasteiger partial charge in [-0.1, -0.05) is 107 Å². The number of hydrogen-bond acceptors (Lipinski definition) is 6. The Morgan fingerprint density at radius 2 is 1.50 bits per heavy atom. The molecule has 0 amide bonds. The van der Waals surface area contributed by atoms with Gasteiger partial charge in [0.1, 0.15) is 16.3 Å². The van der Waals surface area contributed by atoms with Crippen molar-refractivity contribution in [2.75, 3.05) is 13.2 Å². The number of unbranched alkanes of at least 4 members (excludes halogenated alkanes) is 2. The van der Waals surface area contributed by atoms with Crippen LogP contribution in [0.25, 0.3) is 6.08 Å². The number of fused-ring (bicyclic) bond motifs is 1. The Hall–Kier alpha value is -0.658. The maximum atomic E-state index is 12.2. The van der Waals surface area contributed by atoms with E-state index in [0.29, 0.717) is 4.78 Å². The van der Waals surface area contributed by atoms with Crippen LogP contribution in [0.1, 0.15) is 110 Å². The monoisotopic (exact) mass is 602 g/mol. The molecule has 0 bridgehead atoms. The molecule has 10 heteroatoms. The molecule has 4 atom stereocenters. The minimum Gasteiger partial charge on any atom is -1.00 e. The number of benzene rings is 1. The molecule has 0 saturated heterocycles. The summed E-state index contributed by atoms with van der Waals surface area (Å²) in [6, 6.07) is 8.55. The first-order chi connectivity index (χ1) is 18.5. The average molecular weight is 603 g/mol. The number of ether oxygens (including phenoxy) is 2. The van der Waals surface area contributed by atoms with Crippen LogP contribution in [0.5, 0.6) is 0 Å². The van der Waals surface area contributed by atoms with Crippen LogP contribution in [0.3, 0.4) is 0 Å². The van der Waals surface area contributed by atoms with Crippen molar-refractivity contribution >= 4 is 44.4 Å². The van der Waals surface area contributed by atoms with E-state index in [4.69, 9.17) is 9.47 Å². The van der Waals surface area contributed by atoms with Gasteiger partial charge in [-0.25, -0.2) is 0 Å². The second-order valence-electron chi connectivity index (χ2n) is 10.3. The topological polar surface area (TPSA) is 107 Å². The zero-order valence-electron chi connectivity index (χ0n) is 26.4. The molecule has 220 valence electrons. The van der Waals surface area contributed by atoms with Crippen LogP contribution in [0.2, 0.25) is 0 Å². The molecule has 0 heterocycles. The summed E-state index contributed by atoms with van der Waals surface area (Å²) in [6.07, 6.45) is 9.00. The summed E-state index contributed by atoms with van der Waals surface area (Å²) in [5, 5.41) is -1.95. The predicted molar refractivity (Wildman–Crippen MR) is 158 cm³/mol. The van der Waals surface area contributed by atoms with Gasteiger partial charge in [0.05, 0.1) is 19.6 Å². The van der Waals surface area contributed by atoms with E-state index in [0.717, 1.165) is 51.4 Å². The standard InChI is InChI=1S/C20H38O7S.C10H9.Al.Na.H/c1-5-9-11-16(7-3)14-26-19(21)13-18(28(23,24)25)20(22)27-15-17(8-4)12-10-6-2;1-8-6-9-4-2-3-5-10(9)7-8;;;/h16-18H,5-15H2,1-4H3,(H,23,24,25);2-7H,1H3;;;/q;;;+1;-1. The van der Waals surface area contributed by atoms with Gasteiger partial charge in [-0.05, 0) is 42.7 Å². The zero-order chi connectivity index (χ0) is 29.4. The fourth-order valence-corrected chi connectivity index (χ4v) is 5.38. The Bertz CT molecular complexity index is 1040. The molecule has 1 aliphatic rings. The summed E-state index contributed by atoms with van der Waals surface area (Å²) in [5.74, 6) is -1.61. The van der Waals surface area contributed by atoms with Gasteiger partial charge in [0.15, 0.2) is 5.25 Å². The van der Waals surface area contributed by atoms with Crippen molar-refractivity contribution < 1.29 is 63.0 Å². The van der Waals surface area contributed by atoms with Crippen molar-refractivity contribution in [3.8, 4) is 0 Å². The van der Waals surface area contributed by atoms with E-state index in [1.807, 2.05) is 13.8 Å². The first-order valence-electron chi connectivity index (χ1n) is 14.3. The van der Waals surface area contributed by atoms with E-state index in [1.54, 1.807) is 0 Å². The normalized spacial score (nSPS) is 16.2. The number of allylic oxidation sites excluding steroid dienone is 1. The van der Waals surface area contributed by atoms with Crippen LogP contribution in [-0.4, -0.2) is 59.7 Å². The molecule has 1 N–H and O–H groups in total. The zero-order valence-corrected chi connectivity index (χ0v) is 29.3. The largest absolute Gasteiger partial charge is 1.00 e. The van der Waals surface area contributed by atoms with E-state index >= 15 is 0 Å². The summed E-state index contributed by atoms with van der Waals surface area (Å²) in [6.45, 7) is 10.5. The molecular weight excluding hydrogens is 554 g/mol. The smallest absolute Gasteiger partial charge is 1.00 e. The van der Waals surface area contributed by atoms with Gasteiger partial charge in [-0.3, -0.25) is 14.1 Å². The Balaban J connectivity index is 0. The molecule has 0 aromatic heterocycles. The van der Waals surface area contributed by atoms with Crippen molar-refractivity contribution in [2.45, 2.75) is 102 Å². The maximum absolute atomic E-state index is 12.2. The number of esters is 2. The molecular formula is C30H48AlNaO7S. The van der Waals surface area contributed by atoms with Gasteiger partial charge in [0.25, 0.3) is 10.1 Å². The van der Waals surface area contributed by atoms with Crippen molar-refractivity contribution in [1.82, 2.24) is 0 Å². The van der Waals surface area contributed by atoms with Gasteiger partial charge in [0, 0.05) is 0 Å². The van der Waals surface area contributed by atoms with Gasteiger partial charge in [0.2, 0.25) is 0 Å². The van der Waals surface area contributed by atoms with E-state index < -0.39 is 33.7 Å². The van der Waals surface area contributed by atoms with Crippen LogP contribution in [-0.2, 0) is 29.2 Å². The Morgan fingerprint density at radius 3 is 1.98 bits per heavy atom. The summed E-state index contributed by atoms with van der Waals surface area (Å²) < 4.78 is 43.3. The molecule has 2 radical (unpaired) electrons. The first kappa shape index (κ1) is 39.3.